The molecule has 212 valence electrons. The zero-order chi connectivity index (χ0) is 27.2. The molecule has 0 aromatic rings. The van der Waals surface area contributed by atoms with Gasteiger partial charge in [0.15, 0.2) is 6.10 Å². The molecule has 36 heavy (non-hydrogen) atoms. The molecule has 0 aliphatic carbocycles. The van der Waals surface area contributed by atoms with E-state index in [9.17, 15) is 23.8 Å². The van der Waals surface area contributed by atoms with Gasteiger partial charge in [-0.3, -0.25) is 23.4 Å². The highest BCUT2D eigenvalue weighted by atomic mass is 31.2. The van der Waals surface area contributed by atoms with Gasteiger partial charge in [-0.25, -0.2) is 4.57 Å². The van der Waals surface area contributed by atoms with Gasteiger partial charge in [-0.1, -0.05) is 78.1 Å². The highest BCUT2D eigenvalue weighted by Crippen LogP contribution is 2.43. The van der Waals surface area contributed by atoms with Crippen molar-refractivity contribution in [3.8, 4) is 0 Å². The molecule has 0 aromatic heterocycles. The standard InChI is InChI=1S/C24H46NO10P/c1-3-5-7-9-11-13-15-22(26)32-17-20(35-23(27)16-14-12-10-8-6-4-2)18-33-36(30,31)34-19-21(25)24(28)29/h20-21H,3-19,25H2,1-2H3,(H,28,29)(H,30,31). The maximum Gasteiger partial charge on any atom is 0.472 e. The Bertz CT molecular complexity index is 661. The van der Waals surface area contributed by atoms with E-state index in [1.807, 2.05) is 0 Å². The van der Waals surface area contributed by atoms with Crippen molar-refractivity contribution < 1.29 is 47.5 Å². The summed E-state index contributed by atoms with van der Waals surface area (Å²) in [5, 5.41) is 8.74. The smallest absolute Gasteiger partial charge is 0.472 e. The summed E-state index contributed by atoms with van der Waals surface area (Å²) < 4.78 is 31.9. The summed E-state index contributed by atoms with van der Waals surface area (Å²) >= 11 is 0. The number of rotatable bonds is 24. The molecule has 3 unspecified atom stereocenters. The van der Waals surface area contributed by atoms with Crippen molar-refractivity contribution in [2.75, 3.05) is 19.8 Å². The Labute approximate surface area is 215 Å². The number of hydrogen-bond acceptors (Lipinski definition) is 9. The third kappa shape index (κ3) is 20.7. The largest absolute Gasteiger partial charge is 0.480 e. The number of nitrogens with two attached hydrogens (primary N) is 1. The Morgan fingerprint density at radius 3 is 1.75 bits per heavy atom. The van der Waals surface area contributed by atoms with Gasteiger partial charge < -0.3 is 25.2 Å². The first-order chi connectivity index (χ1) is 17.1. The average molecular weight is 540 g/mol. The van der Waals surface area contributed by atoms with E-state index >= 15 is 0 Å². The van der Waals surface area contributed by atoms with Crippen LogP contribution in [0.4, 0.5) is 0 Å². The maximum absolute atomic E-state index is 12.2. The van der Waals surface area contributed by atoms with E-state index in [2.05, 4.69) is 18.4 Å². The third-order valence-corrected chi connectivity index (χ3v) is 6.31. The van der Waals surface area contributed by atoms with E-state index in [1.165, 1.54) is 0 Å². The quantitative estimate of drug-likeness (QED) is 0.0896. The van der Waals surface area contributed by atoms with Gasteiger partial charge in [-0.15, -0.1) is 0 Å². The summed E-state index contributed by atoms with van der Waals surface area (Å²) in [7, 11) is -4.67. The van der Waals surface area contributed by atoms with Gasteiger partial charge in [-0.2, -0.15) is 0 Å². The minimum Gasteiger partial charge on any atom is -0.480 e. The van der Waals surface area contributed by atoms with Crippen LogP contribution in [0.1, 0.15) is 104 Å². The van der Waals surface area contributed by atoms with Crippen molar-refractivity contribution in [3.05, 3.63) is 0 Å². The first kappa shape index (κ1) is 34.5. The van der Waals surface area contributed by atoms with Crippen LogP contribution in [-0.2, 0) is 37.5 Å². The molecule has 3 atom stereocenters. The topological polar surface area (TPSA) is 172 Å². The Kier molecular flexibility index (Phi) is 20.6. The molecule has 0 spiro atoms. The lowest BCUT2D eigenvalue weighted by atomic mass is 10.1. The van der Waals surface area contributed by atoms with Gasteiger partial charge in [0.2, 0.25) is 0 Å². The molecule has 0 radical (unpaired) electrons. The lowest BCUT2D eigenvalue weighted by molar-refractivity contribution is -0.161. The molecule has 0 aliphatic rings. The monoisotopic (exact) mass is 539 g/mol. The number of hydrogen-bond donors (Lipinski definition) is 3. The van der Waals surface area contributed by atoms with Crippen LogP contribution in [0.3, 0.4) is 0 Å². The molecule has 0 rings (SSSR count). The van der Waals surface area contributed by atoms with Crippen LogP contribution in [0.2, 0.25) is 0 Å². The molecule has 0 aliphatic heterocycles. The number of esters is 2. The molecule has 0 aromatic carbocycles. The average Bonchev–Trinajstić information content (AvgIpc) is 2.83. The molecular weight excluding hydrogens is 493 g/mol. The van der Waals surface area contributed by atoms with Gasteiger partial charge in [-0.05, 0) is 12.8 Å². The van der Waals surface area contributed by atoms with E-state index in [0.29, 0.717) is 12.8 Å². The van der Waals surface area contributed by atoms with Gasteiger partial charge in [0.05, 0.1) is 13.2 Å². The number of aliphatic carboxylic acids is 1. The second kappa shape index (κ2) is 21.6. The van der Waals surface area contributed by atoms with Crippen molar-refractivity contribution in [2.24, 2.45) is 5.73 Å². The first-order valence-corrected chi connectivity index (χ1v) is 14.6. The van der Waals surface area contributed by atoms with Crippen molar-refractivity contribution in [1.82, 2.24) is 0 Å². The summed E-state index contributed by atoms with van der Waals surface area (Å²) in [5.41, 5.74) is 5.25. The van der Waals surface area contributed by atoms with Crippen molar-refractivity contribution in [1.29, 1.82) is 0 Å². The number of carboxylic acid groups (broad SMARTS) is 1. The van der Waals surface area contributed by atoms with Crippen LogP contribution >= 0.6 is 7.82 Å². The molecule has 11 nitrogen and oxygen atoms in total. The lowest BCUT2D eigenvalue weighted by Crippen LogP contribution is -2.34. The van der Waals surface area contributed by atoms with Crippen LogP contribution in [-0.4, -0.2) is 59.9 Å². The second-order valence-electron chi connectivity index (χ2n) is 8.84. The fourth-order valence-corrected chi connectivity index (χ4v) is 3.96. The van der Waals surface area contributed by atoms with E-state index in [4.69, 9.17) is 24.8 Å². The summed E-state index contributed by atoms with van der Waals surface area (Å²) in [5.74, 6) is -2.40. The van der Waals surface area contributed by atoms with Crippen LogP contribution < -0.4 is 5.73 Å². The molecule has 0 heterocycles. The molecule has 0 saturated carbocycles. The van der Waals surface area contributed by atoms with E-state index in [1.54, 1.807) is 0 Å². The zero-order valence-electron chi connectivity index (χ0n) is 21.9. The molecule has 12 heteroatoms. The molecular formula is C24H46NO10P. The van der Waals surface area contributed by atoms with Gasteiger partial charge in [0, 0.05) is 12.8 Å². The zero-order valence-corrected chi connectivity index (χ0v) is 22.8. The fraction of sp³-hybridized carbons (Fsp3) is 0.875. The summed E-state index contributed by atoms with van der Waals surface area (Å²) in [6.07, 6.45) is 11.3. The highest BCUT2D eigenvalue weighted by Gasteiger charge is 2.28. The van der Waals surface area contributed by atoms with Gasteiger partial charge in [0.1, 0.15) is 12.6 Å². The fourth-order valence-electron chi connectivity index (χ4n) is 3.18. The normalized spacial score (nSPS) is 14.6. The van der Waals surface area contributed by atoms with Crippen LogP contribution in [0, 0.1) is 0 Å². The van der Waals surface area contributed by atoms with Crippen LogP contribution in [0.25, 0.3) is 0 Å². The Balaban J connectivity index is 4.64. The number of unbranched alkanes of at least 4 members (excludes halogenated alkanes) is 10. The van der Waals surface area contributed by atoms with E-state index in [0.717, 1.165) is 64.2 Å². The van der Waals surface area contributed by atoms with Crippen molar-refractivity contribution in [3.63, 3.8) is 0 Å². The molecule has 0 amide bonds. The Hall–Kier alpha value is -1.52. The number of carbonyl (C=O) groups is 3. The van der Waals surface area contributed by atoms with E-state index in [-0.39, 0.29) is 19.4 Å². The number of phosphoric ester groups is 1. The summed E-state index contributed by atoms with van der Waals surface area (Å²) in [4.78, 5) is 44.8. The molecule has 0 fully saturated rings. The van der Waals surface area contributed by atoms with Crippen molar-refractivity contribution in [2.45, 2.75) is 116 Å². The number of carboxylic acids is 1. The number of phosphoric acid groups is 1. The number of carbonyl (C=O) groups excluding carboxylic acids is 2. The van der Waals surface area contributed by atoms with Crippen LogP contribution in [0.15, 0.2) is 0 Å². The predicted molar refractivity (Wildman–Crippen MR) is 134 cm³/mol. The van der Waals surface area contributed by atoms with Gasteiger partial charge in [0.25, 0.3) is 0 Å². The first-order valence-electron chi connectivity index (χ1n) is 13.1. The van der Waals surface area contributed by atoms with Crippen LogP contribution in [0.5, 0.6) is 0 Å². The summed E-state index contributed by atoms with van der Waals surface area (Å²) in [6.45, 7) is 2.58. The molecule has 0 bridgehead atoms. The third-order valence-electron chi connectivity index (χ3n) is 5.36. The maximum atomic E-state index is 12.2. The molecule has 0 saturated heterocycles. The SMILES string of the molecule is CCCCCCCCC(=O)OCC(COP(=O)(O)OCC(N)C(=O)O)OC(=O)CCCCCCCC. The number of ether oxygens (including phenoxy) is 2. The predicted octanol–water partition coefficient (Wildman–Crippen LogP) is 4.49. The summed E-state index contributed by atoms with van der Waals surface area (Å²) in [6, 6.07) is -1.51. The Morgan fingerprint density at radius 2 is 1.22 bits per heavy atom. The van der Waals surface area contributed by atoms with Crippen molar-refractivity contribution >= 4 is 25.7 Å². The minimum absolute atomic E-state index is 0.162. The lowest BCUT2D eigenvalue weighted by Gasteiger charge is -2.20. The minimum atomic E-state index is -4.67. The second-order valence-corrected chi connectivity index (χ2v) is 10.3. The molecule has 4 N–H and O–H groups in total. The van der Waals surface area contributed by atoms with Gasteiger partial charge >= 0.3 is 25.7 Å². The Morgan fingerprint density at radius 1 is 0.750 bits per heavy atom. The highest BCUT2D eigenvalue weighted by molar-refractivity contribution is 7.47. The van der Waals surface area contributed by atoms with E-state index < -0.39 is 51.1 Å².